The first-order chi connectivity index (χ1) is 10.3. The van der Waals surface area contributed by atoms with Crippen LogP contribution in [-0.2, 0) is 7.05 Å². The van der Waals surface area contributed by atoms with Crippen molar-refractivity contribution in [2.45, 2.75) is 33.2 Å². The molecule has 7 nitrogen and oxygen atoms in total. The molecule has 0 spiro atoms. The molecule has 2 aromatic heterocycles. The summed E-state index contributed by atoms with van der Waals surface area (Å²) in [7, 11) is 1.81. The van der Waals surface area contributed by atoms with Gasteiger partial charge in [0.1, 0.15) is 5.76 Å². The molecular weight excluding hydrogens is 282 g/mol. The quantitative estimate of drug-likeness (QED) is 0.872. The zero-order chi connectivity index (χ0) is 16.5. The molecule has 0 bridgehead atoms. The molecule has 0 fully saturated rings. The Morgan fingerprint density at radius 3 is 2.73 bits per heavy atom. The maximum atomic E-state index is 12.5. The second-order valence-electron chi connectivity index (χ2n) is 6.06. The van der Waals surface area contributed by atoms with Gasteiger partial charge in [-0.15, -0.1) is 0 Å². The lowest BCUT2D eigenvalue weighted by molar-refractivity contribution is 0.0877. The minimum atomic E-state index is -0.489. The van der Waals surface area contributed by atoms with Crippen molar-refractivity contribution in [1.29, 1.82) is 0 Å². The molecule has 0 saturated heterocycles. The van der Waals surface area contributed by atoms with Crippen molar-refractivity contribution in [3.05, 3.63) is 23.8 Å². The highest BCUT2D eigenvalue weighted by atomic mass is 16.4. The van der Waals surface area contributed by atoms with Crippen molar-refractivity contribution >= 4 is 5.91 Å². The minimum absolute atomic E-state index is 0.200. The van der Waals surface area contributed by atoms with E-state index in [0.717, 1.165) is 5.56 Å². The average molecular weight is 305 g/mol. The molecule has 0 aliphatic carbocycles. The van der Waals surface area contributed by atoms with Crippen molar-refractivity contribution in [3.63, 3.8) is 0 Å². The van der Waals surface area contributed by atoms with Crippen LogP contribution in [0, 0.1) is 12.8 Å². The molecule has 7 heteroatoms. The highest BCUT2D eigenvalue weighted by Crippen LogP contribution is 2.22. The van der Waals surface area contributed by atoms with E-state index in [4.69, 9.17) is 10.2 Å². The van der Waals surface area contributed by atoms with Crippen molar-refractivity contribution in [3.8, 4) is 11.5 Å². The fraction of sp³-hybridized carbons (Fsp3) is 0.533. The Balaban J connectivity index is 2.26. The summed E-state index contributed by atoms with van der Waals surface area (Å²) in [4.78, 5) is 16.8. The first-order valence-electron chi connectivity index (χ1n) is 7.26. The molecule has 0 saturated carbocycles. The predicted octanol–water partition coefficient (Wildman–Crippen LogP) is 1.49. The number of aryl methyl sites for hydroxylation is 2. The molecule has 120 valence electrons. The van der Waals surface area contributed by atoms with Crippen LogP contribution in [0.4, 0.5) is 0 Å². The SMILES string of the molecule is Cc1oc(-c2cnn(C)c2)nc1C(=O)NC(C)(CN)C(C)C. The van der Waals surface area contributed by atoms with E-state index in [1.54, 1.807) is 24.0 Å². The van der Waals surface area contributed by atoms with Gasteiger partial charge in [-0.2, -0.15) is 5.10 Å². The Hall–Kier alpha value is -2.15. The Morgan fingerprint density at radius 1 is 1.55 bits per heavy atom. The summed E-state index contributed by atoms with van der Waals surface area (Å²) < 4.78 is 7.24. The van der Waals surface area contributed by atoms with Gasteiger partial charge in [0.2, 0.25) is 5.89 Å². The van der Waals surface area contributed by atoms with E-state index in [0.29, 0.717) is 18.2 Å². The number of oxazole rings is 1. The van der Waals surface area contributed by atoms with E-state index in [2.05, 4.69) is 15.4 Å². The van der Waals surface area contributed by atoms with Gasteiger partial charge in [-0.1, -0.05) is 13.8 Å². The number of aromatic nitrogens is 3. The number of hydrogen-bond donors (Lipinski definition) is 2. The fourth-order valence-electron chi connectivity index (χ4n) is 2.01. The molecule has 1 atom stereocenters. The normalized spacial score (nSPS) is 14.1. The molecule has 3 N–H and O–H groups in total. The molecule has 0 aromatic carbocycles. The van der Waals surface area contributed by atoms with Gasteiger partial charge in [-0.3, -0.25) is 9.48 Å². The van der Waals surface area contributed by atoms with Gasteiger partial charge in [0.15, 0.2) is 5.69 Å². The van der Waals surface area contributed by atoms with Gasteiger partial charge in [0, 0.05) is 19.8 Å². The summed E-state index contributed by atoms with van der Waals surface area (Å²) in [5.74, 6) is 0.777. The van der Waals surface area contributed by atoms with Gasteiger partial charge in [0.05, 0.1) is 17.3 Å². The summed E-state index contributed by atoms with van der Waals surface area (Å²) in [6, 6.07) is 0. The predicted molar refractivity (Wildman–Crippen MR) is 83.2 cm³/mol. The van der Waals surface area contributed by atoms with Crippen LogP contribution in [0.15, 0.2) is 16.8 Å². The van der Waals surface area contributed by atoms with Crippen LogP contribution in [0.1, 0.15) is 37.0 Å². The van der Waals surface area contributed by atoms with Crippen molar-refractivity contribution in [1.82, 2.24) is 20.1 Å². The number of nitrogens with one attached hydrogen (secondary N) is 1. The minimum Gasteiger partial charge on any atom is -0.440 e. The van der Waals surface area contributed by atoms with Crippen LogP contribution in [0.2, 0.25) is 0 Å². The molecule has 2 rings (SSSR count). The van der Waals surface area contributed by atoms with E-state index in [9.17, 15) is 4.79 Å². The van der Waals surface area contributed by atoms with Crippen molar-refractivity contribution < 1.29 is 9.21 Å². The molecule has 1 unspecified atom stereocenters. The largest absolute Gasteiger partial charge is 0.440 e. The van der Waals surface area contributed by atoms with Gasteiger partial charge >= 0.3 is 0 Å². The monoisotopic (exact) mass is 305 g/mol. The third-order valence-electron chi connectivity index (χ3n) is 4.06. The van der Waals surface area contributed by atoms with Crippen LogP contribution in [-0.4, -0.2) is 32.8 Å². The van der Waals surface area contributed by atoms with Crippen LogP contribution in [0.5, 0.6) is 0 Å². The van der Waals surface area contributed by atoms with Crippen LogP contribution in [0.3, 0.4) is 0 Å². The molecule has 2 heterocycles. The van der Waals surface area contributed by atoms with E-state index < -0.39 is 5.54 Å². The Bertz CT molecular complexity index is 673. The van der Waals surface area contributed by atoms with Gasteiger partial charge in [-0.25, -0.2) is 4.98 Å². The third kappa shape index (κ3) is 3.04. The van der Waals surface area contributed by atoms with E-state index in [1.807, 2.05) is 27.8 Å². The number of carbonyl (C=O) groups is 1. The lowest BCUT2D eigenvalue weighted by atomic mass is 9.88. The van der Waals surface area contributed by atoms with E-state index in [1.165, 1.54) is 0 Å². The molecular formula is C15H23N5O2. The zero-order valence-corrected chi connectivity index (χ0v) is 13.7. The number of carbonyl (C=O) groups excluding carboxylic acids is 1. The summed E-state index contributed by atoms with van der Waals surface area (Å²) >= 11 is 0. The lowest BCUT2D eigenvalue weighted by Crippen LogP contribution is -2.55. The maximum Gasteiger partial charge on any atom is 0.274 e. The fourth-order valence-corrected chi connectivity index (χ4v) is 2.01. The van der Waals surface area contributed by atoms with Crippen LogP contribution in [0.25, 0.3) is 11.5 Å². The summed E-state index contributed by atoms with van der Waals surface area (Å²) in [6.07, 6.45) is 3.43. The number of nitrogens with two attached hydrogens (primary N) is 1. The average Bonchev–Trinajstić information content (AvgIpc) is 3.04. The Labute approximate surface area is 129 Å². The summed E-state index contributed by atoms with van der Waals surface area (Å²) in [6.45, 7) is 8.03. The topological polar surface area (TPSA) is 99.0 Å². The second kappa shape index (κ2) is 5.92. The molecule has 0 aliphatic heterocycles. The first kappa shape index (κ1) is 16.2. The highest BCUT2D eigenvalue weighted by Gasteiger charge is 2.31. The third-order valence-corrected chi connectivity index (χ3v) is 4.06. The van der Waals surface area contributed by atoms with Crippen molar-refractivity contribution in [2.24, 2.45) is 18.7 Å². The van der Waals surface area contributed by atoms with Crippen LogP contribution < -0.4 is 11.1 Å². The zero-order valence-electron chi connectivity index (χ0n) is 13.7. The first-order valence-corrected chi connectivity index (χ1v) is 7.26. The van der Waals surface area contributed by atoms with Crippen LogP contribution >= 0.6 is 0 Å². The number of nitrogens with zero attached hydrogens (tertiary/aromatic N) is 3. The Morgan fingerprint density at radius 2 is 2.23 bits per heavy atom. The number of hydrogen-bond acceptors (Lipinski definition) is 5. The highest BCUT2D eigenvalue weighted by molar-refractivity contribution is 5.94. The summed E-state index contributed by atoms with van der Waals surface area (Å²) in [5, 5.41) is 7.03. The molecule has 22 heavy (non-hydrogen) atoms. The standard InChI is InChI=1S/C15H23N5O2/c1-9(2)15(4,8-16)19-13(21)12-10(3)22-14(18-12)11-6-17-20(5)7-11/h6-7,9H,8,16H2,1-5H3,(H,19,21). The second-order valence-corrected chi connectivity index (χ2v) is 6.06. The van der Waals surface area contributed by atoms with Gasteiger partial charge in [-0.05, 0) is 19.8 Å². The summed E-state index contributed by atoms with van der Waals surface area (Å²) in [5.41, 5.74) is 6.32. The molecule has 2 aromatic rings. The smallest absolute Gasteiger partial charge is 0.274 e. The molecule has 0 aliphatic rings. The van der Waals surface area contributed by atoms with E-state index in [-0.39, 0.29) is 17.5 Å². The maximum absolute atomic E-state index is 12.5. The van der Waals surface area contributed by atoms with Gasteiger partial charge < -0.3 is 15.5 Å². The van der Waals surface area contributed by atoms with Crippen molar-refractivity contribution in [2.75, 3.05) is 6.54 Å². The lowest BCUT2D eigenvalue weighted by Gasteiger charge is -2.33. The van der Waals surface area contributed by atoms with E-state index >= 15 is 0 Å². The molecule has 0 radical (unpaired) electrons. The number of rotatable bonds is 5. The molecule has 1 amide bonds. The Kier molecular flexibility index (Phi) is 4.37. The van der Waals surface area contributed by atoms with Gasteiger partial charge in [0.25, 0.3) is 5.91 Å². The number of amides is 1.